The molecule has 6 atom stereocenters. The summed E-state index contributed by atoms with van der Waals surface area (Å²) in [6.07, 6.45) is 3.74. The maximum Gasteiger partial charge on any atom is 0.589 e. The summed E-state index contributed by atoms with van der Waals surface area (Å²) in [5.41, 5.74) is -3.06. The van der Waals surface area contributed by atoms with Crippen LogP contribution in [-0.4, -0.2) is 120 Å². The third-order valence-corrected chi connectivity index (χ3v) is 17.7. The molecule has 8 rings (SSSR count). The van der Waals surface area contributed by atoms with Crippen molar-refractivity contribution in [3.8, 4) is 11.8 Å². The van der Waals surface area contributed by atoms with Crippen molar-refractivity contribution in [2.45, 2.75) is 114 Å². The van der Waals surface area contributed by atoms with Crippen LogP contribution in [0.4, 0.5) is 8.78 Å². The fourth-order valence-corrected chi connectivity index (χ4v) is 12.9. The number of benzene rings is 3. The van der Waals surface area contributed by atoms with Gasteiger partial charge in [0.1, 0.15) is 23.4 Å². The van der Waals surface area contributed by atoms with E-state index in [2.05, 4.69) is 22.5 Å². The number of thiophene rings is 1. The van der Waals surface area contributed by atoms with Gasteiger partial charge in [-0.25, -0.2) is 8.42 Å². The van der Waals surface area contributed by atoms with Crippen molar-refractivity contribution < 1.29 is 60.2 Å². The molecule has 0 bridgehead atoms. The minimum Gasteiger partial charge on any atom is -0.376 e. The number of likely N-dealkylation sites (tertiary alicyclic amines) is 1. The molecule has 6 amide bonds. The highest BCUT2D eigenvalue weighted by atomic mass is 32.2. The summed E-state index contributed by atoms with van der Waals surface area (Å²) < 4.78 is 73.7. The Morgan fingerprint density at radius 3 is 2.47 bits per heavy atom. The molecule has 21 heteroatoms. The predicted molar refractivity (Wildman–Crippen MR) is 268 cm³/mol. The number of sulfone groups is 1. The molecule has 3 fully saturated rings. The van der Waals surface area contributed by atoms with Crippen LogP contribution in [0.1, 0.15) is 120 Å². The van der Waals surface area contributed by atoms with Crippen LogP contribution < -0.4 is 10.6 Å². The summed E-state index contributed by atoms with van der Waals surface area (Å²) in [6.45, 7) is 5.69. The number of unbranched alkanes of at least 4 members (excludes halogenated alkanes) is 4. The molecule has 16 nitrogen and oxygen atoms in total. The number of ether oxygens (including phenoxy) is 1. The van der Waals surface area contributed by atoms with E-state index in [1.807, 2.05) is 6.07 Å². The molecule has 73 heavy (non-hydrogen) atoms. The Morgan fingerprint density at radius 2 is 1.74 bits per heavy atom. The fourth-order valence-electron chi connectivity index (χ4n) is 9.82. The molecule has 4 aliphatic heterocycles. The number of imide groups is 1. The maximum atomic E-state index is 14.9. The number of amides is 6. The van der Waals surface area contributed by atoms with Crippen molar-refractivity contribution in [3.63, 3.8) is 0 Å². The fraction of sp³-hybridized carbons (Fsp3) is 0.462. The zero-order valence-corrected chi connectivity index (χ0v) is 43.1. The lowest BCUT2D eigenvalue weighted by Gasteiger charge is -2.38. The van der Waals surface area contributed by atoms with E-state index in [0.717, 1.165) is 53.9 Å². The molecule has 5 heterocycles. The molecule has 1 aromatic heterocycles. The summed E-state index contributed by atoms with van der Waals surface area (Å²) in [7, 11) is -7.46. The van der Waals surface area contributed by atoms with Crippen LogP contribution in [0.3, 0.4) is 0 Å². The Morgan fingerprint density at radius 1 is 0.986 bits per heavy atom. The van der Waals surface area contributed by atoms with Crippen molar-refractivity contribution in [3.05, 3.63) is 105 Å². The van der Waals surface area contributed by atoms with Crippen LogP contribution in [0.5, 0.6) is 0 Å². The molecule has 3 aromatic carbocycles. The molecule has 3 saturated heterocycles. The first-order chi connectivity index (χ1) is 34.6. The van der Waals surface area contributed by atoms with Gasteiger partial charge in [-0.3, -0.25) is 34.1 Å². The van der Waals surface area contributed by atoms with Gasteiger partial charge in [0.25, 0.3) is 11.8 Å². The highest BCUT2D eigenvalue weighted by Crippen LogP contribution is 2.48. The Bertz CT molecular complexity index is 3030. The highest BCUT2D eigenvalue weighted by Gasteiger charge is 2.54. The number of piperidine rings is 1. The van der Waals surface area contributed by atoms with Crippen molar-refractivity contribution in [2.75, 3.05) is 32.0 Å². The SMILES string of the molecule is CC(C)(C)[C@H](NC(=O)c1cc2cc(C(F)(F)[P+](=O)O)ccc2s1)C(=O)N1C[C@@H](OCCCCCCC#Cc2cccc3c2CN(C2CCC(=O)NC2=O)C3=O)C[C@H]1C(=O)N1CCS(=O)(=O)C(c2ccccc2)C1. The van der Waals surface area contributed by atoms with Crippen molar-refractivity contribution >= 4 is 74.7 Å². The van der Waals surface area contributed by atoms with Crippen molar-refractivity contribution in [1.29, 1.82) is 0 Å². The molecule has 4 aliphatic rings. The average molecular weight is 1060 g/mol. The first-order valence-corrected chi connectivity index (χ1v) is 28.0. The van der Waals surface area contributed by atoms with Gasteiger partial charge < -0.3 is 24.8 Å². The molecule has 386 valence electrons. The van der Waals surface area contributed by atoms with Gasteiger partial charge >= 0.3 is 13.7 Å². The van der Waals surface area contributed by atoms with Gasteiger partial charge in [-0.1, -0.05) is 81.9 Å². The van der Waals surface area contributed by atoms with Crippen LogP contribution in [0.25, 0.3) is 10.1 Å². The Hall–Kier alpha value is -5.97. The third kappa shape index (κ3) is 11.7. The molecule has 3 unspecified atom stereocenters. The van der Waals surface area contributed by atoms with Crippen LogP contribution in [0, 0.1) is 17.3 Å². The number of hydrogen-bond acceptors (Lipinski definition) is 11. The topological polar surface area (TPSA) is 217 Å². The Balaban J connectivity index is 0.906. The first kappa shape index (κ1) is 53.3. The number of nitrogens with zero attached hydrogens (tertiary/aromatic N) is 3. The second-order valence-corrected chi connectivity index (χ2v) is 24.4. The summed E-state index contributed by atoms with van der Waals surface area (Å²) in [5.74, 6) is 3.42. The largest absolute Gasteiger partial charge is 0.589 e. The highest BCUT2D eigenvalue weighted by molar-refractivity contribution is 7.91. The van der Waals surface area contributed by atoms with Crippen molar-refractivity contribution in [2.24, 2.45) is 5.41 Å². The van der Waals surface area contributed by atoms with Crippen LogP contribution >= 0.6 is 19.4 Å². The van der Waals surface area contributed by atoms with Crippen LogP contribution in [0.15, 0.2) is 72.8 Å². The monoisotopic (exact) mass is 1060 g/mol. The smallest absolute Gasteiger partial charge is 0.376 e. The number of hydrogen-bond donors (Lipinski definition) is 3. The maximum absolute atomic E-state index is 14.9. The summed E-state index contributed by atoms with van der Waals surface area (Å²) in [4.78, 5) is 94.5. The Labute approximate surface area is 427 Å². The number of rotatable bonds is 15. The van der Waals surface area contributed by atoms with Crippen molar-refractivity contribution in [1.82, 2.24) is 25.3 Å². The van der Waals surface area contributed by atoms with E-state index in [1.165, 1.54) is 26.8 Å². The summed E-state index contributed by atoms with van der Waals surface area (Å²) >= 11 is 0.995. The molecule has 0 spiro atoms. The summed E-state index contributed by atoms with van der Waals surface area (Å²) in [5, 5.41) is 4.44. The van der Waals surface area contributed by atoms with Gasteiger partial charge in [0.15, 0.2) is 9.84 Å². The molecular formula is C52H57F2N5O11PS2+. The number of fused-ring (bicyclic) bond motifs is 2. The zero-order valence-electron chi connectivity index (χ0n) is 40.6. The minimum absolute atomic E-state index is 0.0224. The van der Waals surface area contributed by atoms with Gasteiger partial charge in [0, 0.05) is 67.9 Å². The molecule has 0 saturated carbocycles. The molecule has 0 radical (unpaired) electrons. The van der Waals surface area contributed by atoms with Crippen LogP contribution in [0.2, 0.25) is 0 Å². The average Bonchev–Trinajstić information content (AvgIpc) is 4.07. The number of carbonyl (C=O) groups is 6. The molecular weight excluding hydrogens is 1000 g/mol. The third-order valence-electron chi connectivity index (χ3n) is 13.9. The molecule has 4 aromatic rings. The van der Waals surface area contributed by atoms with Gasteiger partial charge in [0.2, 0.25) is 23.6 Å². The van der Waals surface area contributed by atoms with E-state index in [1.54, 1.807) is 63.2 Å². The predicted octanol–water partition coefficient (Wildman–Crippen LogP) is 6.58. The van der Waals surface area contributed by atoms with E-state index < -0.39 is 87.6 Å². The number of halogens is 2. The first-order valence-electron chi connectivity index (χ1n) is 24.3. The van der Waals surface area contributed by atoms with Gasteiger partial charge in [0.05, 0.1) is 22.3 Å². The van der Waals surface area contributed by atoms with Gasteiger partial charge in [-0.05, 0) is 82.2 Å². The quantitative estimate of drug-likeness (QED) is 0.0500. The second-order valence-electron chi connectivity index (χ2n) is 19.9. The molecule has 0 aliphatic carbocycles. The molecule has 3 N–H and O–H groups in total. The summed E-state index contributed by atoms with van der Waals surface area (Å²) in [6, 6.07) is 15.8. The standard InChI is InChI=1S/C52H56F2N5O11PS2/c1-51(2,3)45(56-47(62)42-27-34-26-35(19-21-41(34)72-42)52(53,54)71(66)67)50(65)58-29-36(28-40(58)49(64)57-23-25-73(68,69)43(31-57)33-15-10-8-11-16-33)70-24-12-7-5-4-6-9-14-32-17-13-18-37-38(32)30-59(48(37)63)39-20-22-44(60)55-46(39)61/h8,10-11,13,15-19,21,26-27,36,39-40,43,45H,4-7,12,20,22-25,28-31H2,1-3H3,(H2-,55,56,60,61,62,66,67)/p+1/t36-,39?,40-,43?,45+/m0/s1. The number of carbonyl (C=O) groups excluding carboxylic acids is 6. The van der Waals surface area contributed by atoms with Gasteiger partial charge in [-0.2, -0.15) is 4.89 Å². The second kappa shape index (κ2) is 21.9. The van der Waals surface area contributed by atoms with Crippen LogP contribution in [-0.2, 0) is 50.5 Å². The normalized spacial score (nSPS) is 21.6. The minimum atomic E-state index is -4.00. The Kier molecular flexibility index (Phi) is 16.0. The number of nitrogens with one attached hydrogen (secondary N) is 2. The lowest BCUT2D eigenvalue weighted by atomic mass is 9.85. The van der Waals surface area contributed by atoms with E-state index in [-0.39, 0.29) is 73.3 Å². The zero-order chi connectivity index (χ0) is 52.4. The lowest BCUT2D eigenvalue weighted by Crippen LogP contribution is -2.59. The van der Waals surface area contributed by atoms with E-state index in [0.29, 0.717) is 35.3 Å². The van der Waals surface area contributed by atoms with E-state index in [9.17, 15) is 55.4 Å². The van der Waals surface area contributed by atoms with E-state index >= 15 is 0 Å². The van der Waals surface area contributed by atoms with E-state index in [4.69, 9.17) is 4.74 Å². The number of alkyl halides is 2. The lowest BCUT2D eigenvalue weighted by molar-refractivity contribution is -0.146. The van der Waals surface area contributed by atoms with Gasteiger partial charge in [-0.15, -0.1) is 20.1 Å².